The van der Waals surface area contributed by atoms with E-state index in [9.17, 15) is 0 Å². The number of fused-ring (bicyclic) bond motifs is 1. The van der Waals surface area contributed by atoms with Crippen LogP contribution in [0.3, 0.4) is 0 Å². The first-order valence-corrected chi connectivity index (χ1v) is 17.6. The van der Waals surface area contributed by atoms with E-state index in [4.69, 9.17) is 0 Å². The average molecular weight is 590 g/mol. The van der Waals surface area contributed by atoms with E-state index in [1.54, 1.807) is 0 Å². The van der Waals surface area contributed by atoms with Crippen molar-refractivity contribution in [2.75, 3.05) is 21.1 Å². The fraction of sp³-hybridized carbons (Fsp3) is 0.150. The lowest BCUT2D eigenvalue weighted by atomic mass is 9.77. The highest BCUT2D eigenvalue weighted by molar-refractivity contribution is 6.73. The van der Waals surface area contributed by atoms with Crippen molar-refractivity contribution in [3.63, 3.8) is 0 Å². The maximum atomic E-state index is 2.69. The SMILES string of the molecule is CN(c1ccccc1)C1C=CC=CC1C(CC[SiH]1N(c2ccccc2)c2ccccc2N1c1ccccc1)c1ccccc1. The Bertz CT molecular complexity index is 1640. The molecule has 3 nitrogen and oxygen atoms in total. The zero-order valence-electron chi connectivity index (χ0n) is 25.2. The molecular formula is C40H39N3Si. The van der Waals surface area contributed by atoms with Crippen LogP contribution in [0.15, 0.2) is 170 Å². The van der Waals surface area contributed by atoms with Crippen LogP contribution in [-0.4, -0.2) is 22.2 Å². The number of likely N-dealkylation sites (N-methyl/N-ethyl adjacent to an activating group) is 1. The zero-order chi connectivity index (χ0) is 29.7. The molecule has 0 saturated heterocycles. The summed E-state index contributed by atoms with van der Waals surface area (Å²) < 4.78 is 5.38. The van der Waals surface area contributed by atoms with Gasteiger partial charge in [-0.2, -0.15) is 0 Å². The monoisotopic (exact) mass is 589 g/mol. The number of benzene rings is 5. The van der Waals surface area contributed by atoms with E-state index in [1.807, 2.05) is 0 Å². The number of hydrogen-bond donors (Lipinski definition) is 0. The molecule has 5 aromatic carbocycles. The summed E-state index contributed by atoms with van der Waals surface area (Å²) in [6.45, 7) is 0. The van der Waals surface area contributed by atoms with Gasteiger partial charge in [-0.1, -0.05) is 121 Å². The Morgan fingerprint density at radius 3 is 1.64 bits per heavy atom. The number of allylic oxidation sites excluding steroid dienone is 2. The quantitative estimate of drug-likeness (QED) is 0.159. The molecule has 44 heavy (non-hydrogen) atoms. The molecule has 0 saturated carbocycles. The number of para-hydroxylation sites is 5. The van der Waals surface area contributed by atoms with Crippen LogP contribution in [0.2, 0.25) is 6.04 Å². The molecule has 0 radical (unpaired) electrons. The van der Waals surface area contributed by atoms with Crippen molar-refractivity contribution in [3.8, 4) is 0 Å². The second-order valence-corrected chi connectivity index (χ2v) is 14.3. The third-order valence-corrected chi connectivity index (χ3v) is 12.4. The van der Waals surface area contributed by atoms with E-state index in [2.05, 4.69) is 191 Å². The minimum absolute atomic E-state index is 0.269. The highest BCUT2D eigenvalue weighted by Crippen LogP contribution is 2.48. The lowest BCUT2D eigenvalue weighted by molar-refractivity contribution is 0.437. The first-order chi connectivity index (χ1) is 21.8. The molecule has 0 aromatic heterocycles. The summed E-state index contributed by atoms with van der Waals surface area (Å²) in [4.78, 5) is 2.45. The van der Waals surface area contributed by atoms with Gasteiger partial charge >= 0.3 is 0 Å². The van der Waals surface area contributed by atoms with E-state index in [0.717, 1.165) is 12.5 Å². The van der Waals surface area contributed by atoms with Crippen LogP contribution >= 0.6 is 0 Å². The van der Waals surface area contributed by atoms with Gasteiger partial charge in [0, 0.05) is 30.0 Å². The van der Waals surface area contributed by atoms with Gasteiger partial charge in [0.15, 0.2) is 0 Å². The molecule has 0 bridgehead atoms. The van der Waals surface area contributed by atoms with Crippen molar-refractivity contribution < 1.29 is 0 Å². The van der Waals surface area contributed by atoms with Crippen molar-refractivity contribution in [2.24, 2.45) is 5.92 Å². The number of rotatable bonds is 9. The van der Waals surface area contributed by atoms with Gasteiger partial charge in [0.25, 0.3) is 9.12 Å². The Kier molecular flexibility index (Phi) is 8.16. The maximum Gasteiger partial charge on any atom is 0.256 e. The first kappa shape index (κ1) is 28.0. The van der Waals surface area contributed by atoms with Crippen molar-refractivity contribution in [3.05, 3.63) is 175 Å². The Balaban J connectivity index is 1.27. The number of hydrogen-bond acceptors (Lipinski definition) is 3. The Labute approximate surface area is 263 Å². The molecule has 1 aliphatic heterocycles. The molecule has 0 amide bonds. The number of nitrogens with zero attached hydrogens (tertiary/aromatic N) is 3. The Morgan fingerprint density at radius 2 is 1.07 bits per heavy atom. The third kappa shape index (κ3) is 5.49. The van der Waals surface area contributed by atoms with Crippen molar-refractivity contribution >= 4 is 37.6 Å². The summed E-state index contributed by atoms with van der Waals surface area (Å²) in [5.41, 5.74) is 7.88. The van der Waals surface area contributed by atoms with Crippen LogP contribution in [0, 0.1) is 5.92 Å². The summed E-state index contributed by atoms with van der Waals surface area (Å²) in [7, 11) is 0.466. The van der Waals surface area contributed by atoms with Crippen LogP contribution in [0.4, 0.5) is 28.4 Å². The number of anilines is 5. The highest BCUT2D eigenvalue weighted by Gasteiger charge is 2.40. The lowest BCUT2D eigenvalue weighted by Gasteiger charge is -2.39. The summed E-state index contributed by atoms with van der Waals surface area (Å²) >= 11 is 0. The standard InChI is InChI=1S/C40H39N3Si/c1-41(33-20-8-3-9-21-33)38-27-15-14-26-37(38)36(32-18-6-2-7-19-32)30-31-44-42(34-22-10-4-11-23-34)39-28-16-17-29-40(39)43(44)35-24-12-5-13-25-35/h2-29,36-38,44H,30-31H2,1H3. The summed E-state index contributed by atoms with van der Waals surface area (Å²) in [6, 6.07) is 54.5. The fourth-order valence-corrected chi connectivity index (χ4v) is 10.7. The van der Waals surface area contributed by atoms with Crippen molar-refractivity contribution in [2.45, 2.75) is 24.4 Å². The van der Waals surface area contributed by atoms with Crippen LogP contribution in [0.1, 0.15) is 17.9 Å². The zero-order valence-corrected chi connectivity index (χ0v) is 26.4. The van der Waals surface area contributed by atoms with Crippen molar-refractivity contribution in [1.82, 2.24) is 0 Å². The van der Waals surface area contributed by atoms with Crippen molar-refractivity contribution in [1.29, 1.82) is 0 Å². The Hall–Kier alpha value is -4.80. The van der Waals surface area contributed by atoms with Gasteiger partial charge in [-0.05, 0) is 72.5 Å². The van der Waals surface area contributed by atoms with E-state index in [0.29, 0.717) is 11.8 Å². The van der Waals surface area contributed by atoms with E-state index in [1.165, 1.54) is 34.0 Å². The predicted molar refractivity (Wildman–Crippen MR) is 190 cm³/mol. The summed E-state index contributed by atoms with van der Waals surface area (Å²) in [5, 5.41) is 0. The molecule has 3 unspecified atom stereocenters. The second-order valence-electron chi connectivity index (χ2n) is 11.8. The molecule has 0 N–H and O–H groups in total. The minimum atomic E-state index is -1.78. The highest BCUT2D eigenvalue weighted by atomic mass is 28.3. The van der Waals surface area contributed by atoms with Gasteiger partial charge in [-0.3, -0.25) is 0 Å². The maximum absolute atomic E-state index is 2.69. The molecule has 218 valence electrons. The fourth-order valence-electron chi connectivity index (χ4n) is 7.18. The normalized spacial score (nSPS) is 18.3. The van der Waals surface area contributed by atoms with Gasteiger partial charge in [0.1, 0.15) is 0 Å². The molecule has 4 heteroatoms. The van der Waals surface area contributed by atoms with Crippen LogP contribution in [0.5, 0.6) is 0 Å². The molecule has 1 aliphatic carbocycles. The van der Waals surface area contributed by atoms with Gasteiger partial charge < -0.3 is 14.0 Å². The van der Waals surface area contributed by atoms with E-state index >= 15 is 0 Å². The van der Waals surface area contributed by atoms with Gasteiger partial charge in [-0.15, -0.1) is 0 Å². The lowest BCUT2D eigenvalue weighted by Crippen LogP contribution is -2.44. The molecule has 2 aliphatic rings. The van der Waals surface area contributed by atoms with Gasteiger partial charge in [0.05, 0.1) is 17.4 Å². The first-order valence-electron chi connectivity index (χ1n) is 15.7. The van der Waals surface area contributed by atoms with Crippen LogP contribution < -0.4 is 14.0 Å². The average Bonchev–Trinajstić information content (AvgIpc) is 3.44. The van der Waals surface area contributed by atoms with Crippen LogP contribution in [0.25, 0.3) is 0 Å². The van der Waals surface area contributed by atoms with Crippen LogP contribution in [-0.2, 0) is 0 Å². The van der Waals surface area contributed by atoms with Gasteiger partial charge in [-0.25, -0.2) is 0 Å². The molecule has 3 atom stereocenters. The summed E-state index contributed by atoms with van der Waals surface area (Å²) in [5.74, 6) is 0.723. The van der Waals surface area contributed by atoms with E-state index in [-0.39, 0.29) is 6.04 Å². The summed E-state index contributed by atoms with van der Waals surface area (Å²) in [6.07, 6.45) is 10.4. The largest absolute Gasteiger partial charge is 0.368 e. The molecular weight excluding hydrogens is 551 g/mol. The second kappa shape index (κ2) is 12.8. The third-order valence-electron chi connectivity index (χ3n) is 9.25. The molecule has 7 rings (SSSR count). The molecule has 0 spiro atoms. The predicted octanol–water partition coefficient (Wildman–Crippen LogP) is 9.62. The molecule has 5 aromatic rings. The minimum Gasteiger partial charge on any atom is -0.368 e. The van der Waals surface area contributed by atoms with Gasteiger partial charge in [0.2, 0.25) is 0 Å². The molecule has 1 heterocycles. The topological polar surface area (TPSA) is 9.72 Å². The molecule has 0 fully saturated rings. The smallest absolute Gasteiger partial charge is 0.256 e. The van der Waals surface area contributed by atoms with E-state index < -0.39 is 9.12 Å². The Morgan fingerprint density at radius 1 is 0.591 bits per heavy atom.